The van der Waals surface area contributed by atoms with Crippen LogP contribution in [0.4, 0.5) is 10.5 Å². The molecule has 1 saturated heterocycles. The molecule has 1 fully saturated rings. The number of rotatable bonds is 4. The number of carbonyl (C=O) groups is 3. The first kappa shape index (κ1) is 20.4. The normalized spacial score (nSPS) is 18.3. The summed E-state index contributed by atoms with van der Waals surface area (Å²) in [4.78, 5) is 39.8. The summed E-state index contributed by atoms with van der Waals surface area (Å²) in [7, 11) is 0. The topological polar surface area (TPSA) is 90.5 Å². The van der Waals surface area contributed by atoms with Gasteiger partial charge in [-0.15, -0.1) is 11.3 Å². The molecule has 3 N–H and O–H groups in total. The molecule has 9 heteroatoms. The summed E-state index contributed by atoms with van der Waals surface area (Å²) >= 11 is 7.52. The summed E-state index contributed by atoms with van der Waals surface area (Å²) in [6.07, 6.45) is 1.23. The van der Waals surface area contributed by atoms with Gasteiger partial charge in [0.15, 0.2) is 0 Å². The number of allylic oxidation sites excluding steroid dienone is 1. The molecule has 2 aromatic rings. The summed E-state index contributed by atoms with van der Waals surface area (Å²) in [6, 6.07) is 4.46. The van der Waals surface area contributed by atoms with Gasteiger partial charge in [-0.2, -0.15) is 0 Å². The van der Waals surface area contributed by atoms with E-state index in [1.165, 1.54) is 11.3 Å². The van der Waals surface area contributed by atoms with E-state index in [1.807, 2.05) is 13.0 Å². The quantitative estimate of drug-likeness (QED) is 0.670. The molecular formula is C21H21ClN4O3S. The summed E-state index contributed by atoms with van der Waals surface area (Å²) in [6.45, 7) is 6.33. The van der Waals surface area contributed by atoms with Gasteiger partial charge in [0.05, 0.1) is 12.1 Å². The highest BCUT2D eigenvalue weighted by molar-refractivity contribution is 7.10. The first-order valence-electron chi connectivity index (χ1n) is 9.53. The number of aryl methyl sites for hydroxylation is 1. The van der Waals surface area contributed by atoms with Crippen LogP contribution in [0.25, 0.3) is 0 Å². The highest BCUT2D eigenvalue weighted by atomic mass is 35.5. The molecule has 1 atom stereocenters. The largest absolute Gasteiger partial charge is 0.333 e. The maximum Gasteiger partial charge on any atom is 0.319 e. The molecule has 3 heterocycles. The van der Waals surface area contributed by atoms with E-state index in [0.717, 1.165) is 16.0 Å². The molecule has 1 aromatic heterocycles. The first-order chi connectivity index (χ1) is 14.3. The Bertz CT molecular complexity index is 1060. The number of anilines is 1. The number of halogens is 1. The first-order valence-corrected chi connectivity index (χ1v) is 10.8. The number of piperidine rings is 1. The second-order valence-electron chi connectivity index (χ2n) is 7.40. The Morgan fingerprint density at radius 2 is 2.20 bits per heavy atom. The van der Waals surface area contributed by atoms with Crippen LogP contribution >= 0.6 is 22.9 Å². The molecule has 156 valence electrons. The summed E-state index contributed by atoms with van der Waals surface area (Å²) in [5.74, 6) is -0.330. The molecule has 2 aliphatic rings. The Balaban J connectivity index is 1.39. The zero-order valence-corrected chi connectivity index (χ0v) is 18.0. The number of benzene rings is 1. The molecule has 30 heavy (non-hydrogen) atoms. The lowest BCUT2D eigenvalue weighted by Gasteiger charge is -2.31. The van der Waals surface area contributed by atoms with E-state index in [2.05, 4.69) is 22.5 Å². The van der Waals surface area contributed by atoms with Gasteiger partial charge in [0.25, 0.3) is 5.91 Å². The Kier molecular flexibility index (Phi) is 5.53. The van der Waals surface area contributed by atoms with Gasteiger partial charge in [0.1, 0.15) is 6.04 Å². The van der Waals surface area contributed by atoms with Crippen molar-refractivity contribution in [3.63, 3.8) is 0 Å². The standard InChI is InChI=1S/C21H21ClN4O3S/c1-11-3-5-13(7-16(11)22)25-21(29)23-8-18-14-9-26(20(28)15(14)10-30-18)17-6-4-12(2)24-19(17)27/h3,5,7,10,17H,2,4,6,8-9H2,1H3,(H,24,27)(H2,23,25,29). The van der Waals surface area contributed by atoms with Gasteiger partial charge >= 0.3 is 6.03 Å². The van der Waals surface area contributed by atoms with Gasteiger partial charge in [-0.1, -0.05) is 24.2 Å². The number of nitrogens with one attached hydrogen (secondary N) is 3. The number of fused-ring (bicyclic) bond motifs is 1. The average molecular weight is 445 g/mol. The van der Waals surface area contributed by atoms with Crippen LogP contribution < -0.4 is 16.0 Å². The van der Waals surface area contributed by atoms with Gasteiger partial charge in [-0.25, -0.2) is 4.79 Å². The molecule has 7 nitrogen and oxygen atoms in total. The van der Waals surface area contributed by atoms with Crippen molar-refractivity contribution >= 4 is 46.5 Å². The number of hydrogen-bond acceptors (Lipinski definition) is 4. The van der Waals surface area contributed by atoms with E-state index in [0.29, 0.717) is 47.9 Å². The Hall–Kier alpha value is -2.84. The van der Waals surface area contributed by atoms with Crippen molar-refractivity contribution in [1.29, 1.82) is 0 Å². The van der Waals surface area contributed by atoms with Crippen molar-refractivity contribution in [2.75, 3.05) is 5.32 Å². The van der Waals surface area contributed by atoms with Gasteiger partial charge < -0.3 is 20.9 Å². The molecule has 2 aliphatic heterocycles. The molecule has 0 spiro atoms. The van der Waals surface area contributed by atoms with E-state index in [-0.39, 0.29) is 17.8 Å². The number of carbonyl (C=O) groups excluding carboxylic acids is 3. The highest BCUT2D eigenvalue weighted by Gasteiger charge is 2.39. The van der Waals surface area contributed by atoms with E-state index in [4.69, 9.17) is 11.6 Å². The number of hydrogen-bond donors (Lipinski definition) is 3. The van der Waals surface area contributed by atoms with Crippen LogP contribution in [0.1, 0.15) is 39.2 Å². The molecule has 0 bridgehead atoms. The average Bonchev–Trinajstić information content (AvgIpc) is 3.23. The minimum atomic E-state index is -0.490. The minimum Gasteiger partial charge on any atom is -0.333 e. The maximum atomic E-state index is 12.8. The number of nitrogens with zero attached hydrogens (tertiary/aromatic N) is 1. The van der Waals surface area contributed by atoms with Crippen LogP contribution in [-0.2, 0) is 17.9 Å². The number of amides is 4. The fraction of sp³-hybridized carbons (Fsp3) is 0.286. The fourth-order valence-electron chi connectivity index (χ4n) is 3.64. The molecule has 1 aromatic carbocycles. The van der Waals surface area contributed by atoms with Crippen LogP contribution in [0.3, 0.4) is 0 Å². The van der Waals surface area contributed by atoms with E-state index < -0.39 is 6.04 Å². The van der Waals surface area contributed by atoms with Crippen LogP contribution in [0.5, 0.6) is 0 Å². The van der Waals surface area contributed by atoms with Crippen molar-refractivity contribution in [2.45, 2.75) is 38.9 Å². The predicted molar refractivity (Wildman–Crippen MR) is 117 cm³/mol. The van der Waals surface area contributed by atoms with Crippen LogP contribution in [0.2, 0.25) is 5.02 Å². The van der Waals surface area contributed by atoms with Gasteiger partial charge in [0.2, 0.25) is 5.91 Å². The third-order valence-electron chi connectivity index (χ3n) is 5.34. The summed E-state index contributed by atoms with van der Waals surface area (Å²) < 4.78 is 0. The van der Waals surface area contributed by atoms with Crippen molar-refractivity contribution in [2.24, 2.45) is 0 Å². The third kappa shape index (κ3) is 3.93. The van der Waals surface area contributed by atoms with Crippen LogP contribution in [-0.4, -0.2) is 28.8 Å². The Morgan fingerprint density at radius 1 is 1.40 bits per heavy atom. The SMILES string of the molecule is C=C1CCC(N2Cc3c(csc3CNC(=O)Nc3ccc(C)c(Cl)c3)C2=O)C(=O)N1. The summed E-state index contributed by atoms with van der Waals surface area (Å²) in [5, 5.41) is 10.7. The fourth-order valence-corrected chi connectivity index (χ4v) is 4.79. The predicted octanol–water partition coefficient (Wildman–Crippen LogP) is 3.78. The smallest absolute Gasteiger partial charge is 0.319 e. The van der Waals surface area contributed by atoms with Crippen molar-refractivity contribution in [3.8, 4) is 0 Å². The minimum absolute atomic E-state index is 0.140. The molecule has 0 saturated carbocycles. The van der Waals surface area contributed by atoms with Gasteiger partial charge in [0, 0.05) is 33.2 Å². The molecule has 4 amide bonds. The molecule has 0 aliphatic carbocycles. The zero-order chi connectivity index (χ0) is 21.4. The summed E-state index contributed by atoms with van der Waals surface area (Å²) in [5.41, 5.74) is 3.70. The molecule has 1 unspecified atom stereocenters. The van der Waals surface area contributed by atoms with Crippen molar-refractivity contribution in [1.82, 2.24) is 15.5 Å². The Labute approximate surface area is 183 Å². The Morgan fingerprint density at radius 3 is 2.93 bits per heavy atom. The van der Waals surface area contributed by atoms with Crippen LogP contribution in [0.15, 0.2) is 35.9 Å². The second kappa shape index (κ2) is 8.12. The number of thiophene rings is 1. The highest BCUT2D eigenvalue weighted by Crippen LogP contribution is 2.34. The second-order valence-corrected chi connectivity index (χ2v) is 8.77. The van der Waals surface area contributed by atoms with Crippen molar-refractivity contribution < 1.29 is 14.4 Å². The van der Waals surface area contributed by atoms with Crippen LogP contribution in [0, 0.1) is 6.92 Å². The lowest BCUT2D eigenvalue weighted by Crippen LogP contribution is -2.49. The molecule has 4 rings (SSSR count). The van der Waals surface area contributed by atoms with E-state index >= 15 is 0 Å². The van der Waals surface area contributed by atoms with Gasteiger partial charge in [-0.05, 0) is 43.0 Å². The third-order valence-corrected chi connectivity index (χ3v) is 6.77. The van der Waals surface area contributed by atoms with Gasteiger partial charge in [-0.3, -0.25) is 9.59 Å². The molecular weight excluding hydrogens is 424 g/mol. The lowest BCUT2D eigenvalue weighted by atomic mass is 10.0. The molecule has 0 radical (unpaired) electrons. The maximum absolute atomic E-state index is 12.8. The zero-order valence-electron chi connectivity index (χ0n) is 16.4. The lowest BCUT2D eigenvalue weighted by molar-refractivity contribution is -0.126. The van der Waals surface area contributed by atoms with Crippen molar-refractivity contribution in [3.05, 3.63) is 62.4 Å². The van der Waals surface area contributed by atoms with E-state index in [9.17, 15) is 14.4 Å². The number of urea groups is 1. The van der Waals surface area contributed by atoms with E-state index in [1.54, 1.807) is 22.4 Å². The monoisotopic (exact) mass is 444 g/mol.